The Hall–Kier alpha value is -2.40. The second kappa shape index (κ2) is 7.66. The van der Waals surface area contributed by atoms with Crippen molar-refractivity contribution in [2.75, 3.05) is 26.7 Å². The smallest absolute Gasteiger partial charge is 0.219 e. The lowest BCUT2D eigenvalue weighted by molar-refractivity contribution is -0.132. The van der Waals surface area contributed by atoms with Crippen LogP contribution in [0.1, 0.15) is 29.8 Å². The molecular formula is C20H25N3O2. The summed E-state index contributed by atoms with van der Waals surface area (Å²) in [5, 5.41) is 0. The number of carbonyl (C=O) groups is 1. The van der Waals surface area contributed by atoms with Gasteiger partial charge in [0, 0.05) is 50.6 Å². The highest BCUT2D eigenvalue weighted by Crippen LogP contribution is 2.33. The zero-order valence-corrected chi connectivity index (χ0v) is 15.1. The Labute approximate surface area is 149 Å². The van der Waals surface area contributed by atoms with Crippen molar-refractivity contribution in [3.8, 4) is 5.75 Å². The number of pyridine rings is 1. The van der Waals surface area contributed by atoms with E-state index in [4.69, 9.17) is 4.74 Å². The lowest BCUT2D eigenvalue weighted by Crippen LogP contribution is -2.49. The van der Waals surface area contributed by atoms with E-state index in [1.165, 1.54) is 5.56 Å². The molecule has 1 atom stereocenters. The van der Waals surface area contributed by atoms with Gasteiger partial charge in [0.25, 0.3) is 0 Å². The summed E-state index contributed by atoms with van der Waals surface area (Å²) < 4.78 is 5.57. The van der Waals surface area contributed by atoms with Gasteiger partial charge < -0.3 is 9.64 Å². The number of hydrogen-bond acceptors (Lipinski definition) is 4. The third-order valence-corrected chi connectivity index (χ3v) is 4.79. The minimum absolute atomic E-state index is 0.107. The molecule has 2 aromatic rings. The van der Waals surface area contributed by atoms with Gasteiger partial charge in [-0.3, -0.25) is 14.7 Å². The average Bonchev–Trinajstić information content (AvgIpc) is 2.63. The molecule has 0 saturated carbocycles. The van der Waals surface area contributed by atoms with E-state index in [-0.39, 0.29) is 11.9 Å². The summed E-state index contributed by atoms with van der Waals surface area (Å²) >= 11 is 0. The van der Waals surface area contributed by atoms with Gasteiger partial charge in [0.05, 0.1) is 13.2 Å². The van der Waals surface area contributed by atoms with Crippen molar-refractivity contribution in [2.24, 2.45) is 0 Å². The van der Waals surface area contributed by atoms with Crippen LogP contribution in [-0.4, -0.2) is 47.4 Å². The fourth-order valence-electron chi connectivity index (χ4n) is 3.36. The standard InChI is InChI=1S/C20H25N3O2/c1-15-8-9-17(12-21-15)13-23-11-10-22(16(2)24)14-19(23)18-6-4-5-7-20(18)25-3/h4-9,12,19H,10-11,13-14H2,1-3H3/t19-/m0/s1. The molecule has 1 aromatic carbocycles. The van der Waals surface area contributed by atoms with Crippen LogP contribution >= 0.6 is 0 Å². The van der Waals surface area contributed by atoms with Crippen molar-refractivity contribution in [3.05, 3.63) is 59.4 Å². The number of para-hydroxylation sites is 1. The molecule has 2 heterocycles. The Morgan fingerprint density at radius 1 is 1.24 bits per heavy atom. The third kappa shape index (κ3) is 3.99. The zero-order chi connectivity index (χ0) is 17.8. The van der Waals surface area contributed by atoms with E-state index in [0.29, 0.717) is 6.54 Å². The number of methoxy groups -OCH3 is 1. The number of hydrogen-bond donors (Lipinski definition) is 0. The number of aromatic nitrogens is 1. The highest BCUT2D eigenvalue weighted by molar-refractivity contribution is 5.73. The Balaban J connectivity index is 1.89. The summed E-state index contributed by atoms with van der Waals surface area (Å²) in [6.07, 6.45) is 1.94. The van der Waals surface area contributed by atoms with E-state index in [9.17, 15) is 4.79 Å². The van der Waals surface area contributed by atoms with E-state index in [0.717, 1.165) is 36.6 Å². The van der Waals surface area contributed by atoms with E-state index in [1.54, 1.807) is 14.0 Å². The molecule has 1 aromatic heterocycles. The number of aryl methyl sites for hydroxylation is 1. The van der Waals surface area contributed by atoms with Crippen molar-refractivity contribution in [1.29, 1.82) is 0 Å². The summed E-state index contributed by atoms with van der Waals surface area (Å²) in [6, 6.07) is 12.3. The van der Waals surface area contributed by atoms with Crippen LogP contribution in [0.15, 0.2) is 42.6 Å². The molecule has 1 saturated heterocycles. The third-order valence-electron chi connectivity index (χ3n) is 4.79. The molecule has 1 aliphatic heterocycles. The number of benzene rings is 1. The predicted octanol–water partition coefficient (Wildman–Crippen LogP) is 2.80. The van der Waals surface area contributed by atoms with Gasteiger partial charge in [-0.05, 0) is 24.6 Å². The van der Waals surface area contributed by atoms with Crippen molar-refractivity contribution >= 4 is 5.91 Å². The van der Waals surface area contributed by atoms with Crippen molar-refractivity contribution in [3.63, 3.8) is 0 Å². The molecule has 0 bridgehead atoms. The van der Waals surface area contributed by atoms with Gasteiger partial charge in [0.1, 0.15) is 5.75 Å². The number of amides is 1. The number of ether oxygens (including phenoxy) is 1. The predicted molar refractivity (Wildman–Crippen MR) is 97.4 cm³/mol. The molecule has 0 radical (unpaired) electrons. The summed E-state index contributed by atoms with van der Waals surface area (Å²) in [6.45, 7) is 6.69. The van der Waals surface area contributed by atoms with Crippen LogP contribution in [0, 0.1) is 6.92 Å². The Morgan fingerprint density at radius 3 is 2.72 bits per heavy atom. The number of nitrogens with zero attached hydrogens (tertiary/aromatic N) is 3. The molecule has 1 fully saturated rings. The maximum atomic E-state index is 11.9. The summed E-state index contributed by atoms with van der Waals surface area (Å²) in [4.78, 5) is 20.6. The van der Waals surface area contributed by atoms with Crippen LogP contribution in [0.4, 0.5) is 0 Å². The van der Waals surface area contributed by atoms with Crippen LogP contribution in [0.2, 0.25) is 0 Å². The lowest BCUT2D eigenvalue weighted by Gasteiger charge is -2.41. The molecule has 0 unspecified atom stereocenters. The second-order valence-electron chi connectivity index (χ2n) is 6.50. The van der Waals surface area contributed by atoms with Gasteiger partial charge >= 0.3 is 0 Å². The van der Waals surface area contributed by atoms with Crippen molar-refractivity contribution in [1.82, 2.24) is 14.8 Å². The summed E-state index contributed by atoms with van der Waals surface area (Å²) in [5.74, 6) is 0.987. The minimum atomic E-state index is 0.107. The number of piperazine rings is 1. The van der Waals surface area contributed by atoms with Crippen LogP contribution in [0.25, 0.3) is 0 Å². The molecule has 132 valence electrons. The van der Waals surface area contributed by atoms with Crippen LogP contribution in [0.3, 0.4) is 0 Å². The van der Waals surface area contributed by atoms with Crippen LogP contribution < -0.4 is 4.74 Å². The van der Waals surface area contributed by atoms with Gasteiger partial charge in [-0.1, -0.05) is 24.3 Å². The molecule has 0 spiro atoms. The second-order valence-corrected chi connectivity index (χ2v) is 6.50. The molecule has 5 heteroatoms. The van der Waals surface area contributed by atoms with Gasteiger partial charge in [0.2, 0.25) is 5.91 Å². The Kier molecular flexibility index (Phi) is 5.34. The molecule has 1 aliphatic rings. The average molecular weight is 339 g/mol. The quantitative estimate of drug-likeness (QED) is 0.859. The fourth-order valence-corrected chi connectivity index (χ4v) is 3.36. The Morgan fingerprint density at radius 2 is 2.04 bits per heavy atom. The highest BCUT2D eigenvalue weighted by atomic mass is 16.5. The molecule has 1 amide bonds. The Bertz CT molecular complexity index is 730. The SMILES string of the molecule is COc1ccccc1[C@@H]1CN(C(C)=O)CCN1Cc1ccc(C)nc1. The molecule has 5 nitrogen and oxygen atoms in total. The van der Waals surface area contributed by atoms with Crippen molar-refractivity contribution in [2.45, 2.75) is 26.4 Å². The monoisotopic (exact) mass is 339 g/mol. The molecular weight excluding hydrogens is 314 g/mol. The van der Waals surface area contributed by atoms with E-state index in [1.807, 2.05) is 42.3 Å². The van der Waals surface area contributed by atoms with E-state index < -0.39 is 0 Å². The van der Waals surface area contributed by atoms with Gasteiger partial charge in [-0.15, -0.1) is 0 Å². The zero-order valence-electron chi connectivity index (χ0n) is 15.1. The lowest BCUT2D eigenvalue weighted by atomic mass is 10.00. The van der Waals surface area contributed by atoms with E-state index >= 15 is 0 Å². The first kappa shape index (κ1) is 17.4. The summed E-state index contributed by atoms with van der Waals surface area (Å²) in [5.41, 5.74) is 3.32. The summed E-state index contributed by atoms with van der Waals surface area (Å²) in [7, 11) is 1.69. The molecule has 0 aliphatic carbocycles. The molecule has 0 N–H and O–H groups in total. The largest absolute Gasteiger partial charge is 0.496 e. The first-order valence-electron chi connectivity index (χ1n) is 8.62. The number of carbonyl (C=O) groups excluding carboxylic acids is 1. The first-order valence-corrected chi connectivity index (χ1v) is 8.62. The molecule has 25 heavy (non-hydrogen) atoms. The highest BCUT2D eigenvalue weighted by Gasteiger charge is 2.31. The molecule has 3 rings (SSSR count). The van der Waals surface area contributed by atoms with Crippen LogP contribution in [-0.2, 0) is 11.3 Å². The van der Waals surface area contributed by atoms with Crippen LogP contribution in [0.5, 0.6) is 5.75 Å². The van der Waals surface area contributed by atoms with Gasteiger partial charge in [0.15, 0.2) is 0 Å². The minimum Gasteiger partial charge on any atom is -0.496 e. The first-order chi connectivity index (χ1) is 12.1. The maximum absolute atomic E-state index is 11.9. The van der Waals surface area contributed by atoms with Gasteiger partial charge in [-0.2, -0.15) is 0 Å². The number of rotatable bonds is 4. The normalized spacial score (nSPS) is 18.2. The van der Waals surface area contributed by atoms with E-state index in [2.05, 4.69) is 22.0 Å². The van der Waals surface area contributed by atoms with Gasteiger partial charge in [-0.25, -0.2) is 0 Å². The van der Waals surface area contributed by atoms with Crippen molar-refractivity contribution < 1.29 is 9.53 Å². The fraction of sp³-hybridized carbons (Fsp3) is 0.400. The maximum Gasteiger partial charge on any atom is 0.219 e. The topological polar surface area (TPSA) is 45.7 Å².